The molecule has 0 radical (unpaired) electrons. The smallest absolute Gasteiger partial charge is 0.260 e. The minimum atomic E-state index is 0.0237. The van der Waals surface area contributed by atoms with Crippen molar-refractivity contribution in [2.45, 2.75) is 0 Å². The molecule has 2 aromatic rings. The van der Waals surface area contributed by atoms with Crippen LogP contribution in [0.5, 0.6) is 5.75 Å². The van der Waals surface area contributed by atoms with Crippen LogP contribution in [-0.4, -0.2) is 16.4 Å². The van der Waals surface area contributed by atoms with Crippen molar-refractivity contribution in [3.63, 3.8) is 0 Å². The van der Waals surface area contributed by atoms with Crippen molar-refractivity contribution in [3.8, 4) is 5.75 Å². The van der Waals surface area contributed by atoms with Crippen LogP contribution >= 0.6 is 0 Å². The van der Waals surface area contributed by atoms with Crippen molar-refractivity contribution in [2.24, 2.45) is 0 Å². The number of nitrogens with zero attached hydrogens (tertiary/aromatic N) is 1. The fraction of sp³-hybridized carbons (Fsp3) is 0. The third-order valence-electron chi connectivity index (χ3n) is 1.49. The summed E-state index contributed by atoms with van der Waals surface area (Å²) in [5.74, 6) is 0.129. The number of aromatic hydroxyl groups is 1. The van der Waals surface area contributed by atoms with E-state index in [0.29, 0.717) is 17.4 Å². The van der Waals surface area contributed by atoms with Crippen LogP contribution in [0.4, 0.5) is 0 Å². The lowest BCUT2D eigenvalue weighted by Gasteiger charge is -1.86. The number of carbonyl (C=O) groups is 1. The molecule has 0 unspecified atom stereocenters. The van der Waals surface area contributed by atoms with Crippen molar-refractivity contribution < 1.29 is 14.3 Å². The number of phenols is 1. The molecule has 0 aliphatic heterocycles. The first-order valence-corrected chi connectivity index (χ1v) is 3.34. The summed E-state index contributed by atoms with van der Waals surface area (Å²) in [6.07, 6.45) is 0.525. The van der Waals surface area contributed by atoms with Gasteiger partial charge in [-0.15, -0.1) is 0 Å². The quantitative estimate of drug-likeness (QED) is 0.644. The maximum absolute atomic E-state index is 10.2. The van der Waals surface area contributed by atoms with Gasteiger partial charge in [-0.3, -0.25) is 4.79 Å². The molecule has 0 spiro atoms. The van der Waals surface area contributed by atoms with Crippen molar-refractivity contribution in [3.05, 3.63) is 24.1 Å². The fourth-order valence-electron chi connectivity index (χ4n) is 0.984. The summed E-state index contributed by atoms with van der Waals surface area (Å²) in [6.45, 7) is 0. The molecule has 0 saturated heterocycles. The van der Waals surface area contributed by atoms with Crippen molar-refractivity contribution in [2.75, 3.05) is 0 Å². The molecule has 12 heavy (non-hydrogen) atoms. The molecule has 0 atom stereocenters. The molecule has 2 rings (SSSR count). The zero-order valence-electron chi connectivity index (χ0n) is 6.02. The van der Waals surface area contributed by atoms with Gasteiger partial charge < -0.3 is 9.52 Å². The Morgan fingerprint density at radius 3 is 3.08 bits per heavy atom. The SMILES string of the molecule is O=Cc1nc2cc(O)ccc2o1. The Hall–Kier alpha value is -1.84. The van der Waals surface area contributed by atoms with Gasteiger partial charge >= 0.3 is 0 Å². The van der Waals surface area contributed by atoms with Crippen LogP contribution in [0.25, 0.3) is 11.1 Å². The summed E-state index contributed by atoms with van der Waals surface area (Å²) in [6, 6.07) is 4.47. The molecule has 1 N–H and O–H groups in total. The summed E-state index contributed by atoms with van der Waals surface area (Å²) in [4.78, 5) is 14.0. The van der Waals surface area contributed by atoms with Crippen molar-refractivity contribution in [1.29, 1.82) is 0 Å². The third kappa shape index (κ3) is 0.934. The van der Waals surface area contributed by atoms with Crippen LogP contribution in [0.3, 0.4) is 0 Å². The van der Waals surface area contributed by atoms with Gasteiger partial charge in [0.2, 0.25) is 6.29 Å². The maximum Gasteiger partial charge on any atom is 0.260 e. The maximum atomic E-state index is 10.2. The number of oxazole rings is 1. The first-order chi connectivity index (χ1) is 5.79. The fourth-order valence-corrected chi connectivity index (χ4v) is 0.984. The molecule has 60 valence electrons. The van der Waals surface area contributed by atoms with Crippen LogP contribution in [-0.2, 0) is 0 Å². The summed E-state index contributed by atoms with van der Waals surface area (Å²) >= 11 is 0. The van der Waals surface area contributed by atoms with E-state index in [2.05, 4.69) is 4.98 Å². The van der Waals surface area contributed by atoms with E-state index in [9.17, 15) is 4.79 Å². The lowest BCUT2D eigenvalue weighted by atomic mass is 10.3. The Morgan fingerprint density at radius 1 is 1.50 bits per heavy atom. The second-order valence-electron chi connectivity index (χ2n) is 2.32. The highest BCUT2D eigenvalue weighted by Crippen LogP contribution is 2.19. The van der Waals surface area contributed by atoms with Gasteiger partial charge in [0.25, 0.3) is 5.89 Å². The predicted octanol–water partition coefficient (Wildman–Crippen LogP) is 1.35. The average molecular weight is 163 g/mol. The molecule has 0 fully saturated rings. The van der Waals surface area contributed by atoms with E-state index in [-0.39, 0.29) is 11.6 Å². The normalized spacial score (nSPS) is 10.3. The third-order valence-corrected chi connectivity index (χ3v) is 1.49. The Kier molecular flexibility index (Phi) is 1.33. The van der Waals surface area contributed by atoms with Gasteiger partial charge in [0, 0.05) is 6.07 Å². The first kappa shape index (κ1) is 6.84. The lowest BCUT2D eigenvalue weighted by molar-refractivity contribution is 0.109. The molecule has 0 saturated carbocycles. The summed E-state index contributed by atoms with van der Waals surface area (Å²) in [5.41, 5.74) is 0.979. The number of aromatic nitrogens is 1. The highest BCUT2D eigenvalue weighted by atomic mass is 16.4. The topological polar surface area (TPSA) is 63.3 Å². The van der Waals surface area contributed by atoms with E-state index < -0.39 is 0 Å². The van der Waals surface area contributed by atoms with E-state index in [1.807, 2.05) is 0 Å². The largest absolute Gasteiger partial charge is 0.508 e. The molecule has 0 aliphatic rings. The van der Waals surface area contributed by atoms with Gasteiger partial charge in [-0.1, -0.05) is 0 Å². The summed E-state index contributed by atoms with van der Waals surface area (Å²) in [7, 11) is 0. The van der Waals surface area contributed by atoms with Gasteiger partial charge in [-0.25, -0.2) is 4.98 Å². The van der Waals surface area contributed by atoms with E-state index in [1.54, 1.807) is 6.07 Å². The van der Waals surface area contributed by atoms with Crippen LogP contribution in [0.2, 0.25) is 0 Å². The summed E-state index contributed by atoms with van der Waals surface area (Å²) in [5, 5.41) is 9.04. The number of phenolic OH excluding ortho intramolecular Hbond substituents is 1. The van der Waals surface area contributed by atoms with Crippen molar-refractivity contribution >= 4 is 17.4 Å². The number of benzene rings is 1. The minimum absolute atomic E-state index is 0.0237. The molecule has 4 nitrogen and oxygen atoms in total. The summed E-state index contributed by atoms with van der Waals surface area (Å²) < 4.78 is 4.98. The minimum Gasteiger partial charge on any atom is -0.508 e. The highest BCUT2D eigenvalue weighted by Gasteiger charge is 2.03. The van der Waals surface area contributed by atoms with Gasteiger partial charge in [-0.05, 0) is 12.1 Å². The van der Waals surface area contributed by atoms with Gasteiger partial charge in [0.15, 0.2) is 5.58 Å². The van der Waals surface area contributed by atoms with Gasteiger partial charge in [-0.2, -0.15) is 0 Å². The molecular weight excluding hydrogens is 158 g/mol. The predicted molar refractivity (Wildman–Crippen MR) is 41.1 cm³/mol. The molecule has 1 heterocycles. The van der Waals surface area contributed by atoms with E-state index in [0.717, 1.165) is 0 Å². The Balaban J connectivity index is 2.75. The van der Waals surface area contributed by atoms with Crippen LogP contribution in [0.15, 0.2) is 22.6 Å². The average Bonchev–Trinajstić information content (AvgIpc) is 2.46. The number of hydrogen-bond donors (Lipinski definition) is 1. The lowest BCUT2D eigenvalue weighted by Crippen LogP contribution is -1.74. The molecule has 0 aliphatic carbocycles. The Morgan fingerprint density at radius 2 is 2.33 bits per heavy atom. The van der Waals surface area contributed by atoms with Gasteiger partial charge in [0.05, 0.1) is 0 Å². The molecule has 0 bridgehead atoms. The highest BCUT2D eigenvalue weighted by molar-refractivity contribution is 5.79. The van der Waals surface area contributed by atoms with Gasteiger partial charge in [0.1, 0.15) is 11.3 Å². The van der Waals surface area contributed by atoms with Crippen LogP contribution in [0, 0.1) is 0 Å². The number of rotatable bonds is 1. The number of fused-ring (bicyclic) bond motifs is 1. The monoisotopic (exact) mass is 163 g/mol. The standard InChI is InChI=1S/C8H5NO3/c10-4-8-9-6-3-5(11)1-2-7(6)12-8/h1-4,11H. The van der Waals surface area contributed by atoms with Crippen molar-refractivity contribution in [1.82, 2.24) is 4.98 Å². The molecular formula is C8H5NO3. The molecule has 0 amide bonds. The Bertz CT molecular complexity index is 433. The number of carbonyl (C=O) groups excluding carboxylic acids is 1. The molecule has 1 aromatic carbocycles. The van der Waals surface area contributed by atoms with Crippen LogP contribution in [0.1, 0.15) is 10.7 Å². The molecule has 4 heteroatoms. The van der Waals surface area contributed by atoms with E-state index in [4.69, 9.17) is 9.52 Å². The zero-order chi connectivity index (χ0) is 8.55. The number of hydrogen-bond acceptors (Lipinski definition) is 4. The first-order valence-electron chi connectivity index (χ1n) is 3.34. The van der Waals surface area contributed by atoms with Crippen LogP contribution < -0.4 is 0 Å². The van der Waals surface area contributed by atoms with E-state index in [1.165, 1.54) is 12.1 Å². The second kappa shape index (κ2) is 2.34. The second-order valence-corrected chi connectivity index (χ2v) is 2.32. The zero-order valence-corrected chi connectivity index (χ0v) is 6.02. The van der Waals surface area contributed by atoms with E-state index >= 15 is 0 Å². The number of aldehydes is 1. The molecule has 1 aromatic heterocycles. The Labute approximate surface area is 67.4 Å².